The summed E-state index contributed by atoms with van der Waals surface area (Å²) in [5.41, 5.74) is 5.77. The van der Waals surface area contributed by atoms with Gasteiger partial charge in [0.05, 0.1) is 0 Å². The van der Waals surface area contributed by atoms with E-state index >= 15 is 0 Å². The molecular formula is C39H55IrN3OS-4. The number of rotatable bonds is 3. The Hall–Kier alpha value is -1.20. The molecule has 0 aromatic carbocycles. The van der Waals surface area contributed by atoms with Gasteiger partial charge in [0.1, 0.15) is 0 Å². The number of hydrogen-bond acceptors (Lipinski definition) is 3. The average Bonchev–Trinajstić information content (AvgIpc) is 3.60. The van der Waals surface area contributed by atoms with Crippen LogP contribution in [0.5, 0.6) is 0 Å². The standard InChI is InChI=1S/C25H34N2OS.C14H21N.Ir/c1-14-9-10-18-17-7-6-8-19(22(17)28-24(18)27-14)21-23-16(11-12-26-21)15(2)20(29-23)13-25(3,4)5;1-10-4-6-13(7-5-10)14-8-11(2)12(3)9-15-14;/h8,11,17-18,21,23-24H,6-7,9-10,12-13H2,1-5H3;8,10-12H,4-6,9H2,1-3H3;/q2*-2;/t17-,18?,21-,23?,24?;10-,11+,12-;/m01./s1/i1D3,13D2;;. The van der Waals surface area contributed by atoms with Gasteiger partial charge >= 0.3 is 0 Å². The summed E-state index contributed by atoms with van der Waals surface area (Å²) in [5.74, 6) is 3.64. The van der Waals surface area contributed by atoms with E-state index in [2.05, 4.69) is 62.7 Å². The monoisotopic (exact) mass is 811 g/mol. The Labute approximate surface area is 299 Å². The van der Waals surface area contributed by atoms with E-state index in [-0.39, 0.29) is 48.9 Å². The van der Waals surface area contributed by atoms with Crippen LogP contribution in [0, 0.1) is 47.5 Å². The van der Waals surface area contributed by atoms with Crippen molar-refractivity contribution < 1.29 is 31.7 Å². The van der Waals surface area contributed by atoms with E-state index in [0.29, 0.717) is 24.8 Å². The van der Waals surface area contributed by atoms with Crippen LogP contribution in [-0.4, -0.2) is 36.3 Å². The molecule has 0 bridgehead atoms. The molecule has 1 fully saturated rings. The summed E-state index contributed by atoms with van der Waals surface area (Å²) in [6.07, 6.45) is 15.3. The minimum Gasteiger partial charge on any atom is -0.769 e. The van der Waals surface area contributed by atoms with Gasteiger partial charge in [0.25, 0.3) is 0 Å². The first-order valence-corrected chi connectivity index (χ1v) is 17.9. The predicted molar refractivity (Wildman–Crippen MR) is 187 cm³/mol. The summed E-state index contributed by atoms with van der Waals surface area (Å²) in [6, 6.07) is -0.0859. The zero-order chi connectivity index (χ0) is 35.5. The van der Waals surface area contributed by atoms with E-state index in [4.69, 9.17) is 16.9 Å². The van der Waals surface area contributed by atoms with E-state index in [1.54, 1.807) is 11.8 Å². The fourth-order valence-electron chi connectivity index (χ4n) is 7.48. The molecule has 0 saturated carbocycles. The van der Waals surface area contributed by atoms with Crippen molar-refractivity contribution >= 4 is 17.5 Å². The van der Waals surface area contributed by atoms with Crippen molar-refractivity contribution in [2.75, 3.05) is 13.1 Å². The van der Waals surface area contributed by atoms with Crippen molar-refractivity contribution in [3.05, 3.63) is 73.9 Å². The molecule has 0 spiro atoms. The fourth-order valence-corrected chi connectivity index (χ4v) is 9.15. The molecule has 0 N–H and O–H groups in total. The number of fused-ring (bicyclic) bond motifs is 4. The maximum atomic E-state index is 8.89. The quantitative estimate of drug-likeness (QED) is 0.267. The van der Waals surface area contributed by atoms with Gasteiger partial charge in [-0.3, -0.25) is 11.1 Å². The van der Waals surface area contributed by atoms with Crippen molar-refractivity contribution in [2.45, 2.75) is 124 Å². The van der Waals surface area contributed by atoms with Crippen molar-refractivity contribution in [3.8, 4) is 0 Å². The second-order valence-electron chi connectivity index (χ2n) is 15.1. The maximum absolute atomic E-state index is 8.89. The molecule has 7 rings (SSSR count). The Morgan fingerprint density at radius 3 is 2.73 bits per heavy atom. The minimum absolute atomic E-state index is 0. The van der Waals surface area contributed by atoms with Crippen LogP contribution < -0.4 is 0 Å². The molecule has 1 radical (unpaired) electrons. The van der Waals surface area contributed by atoms with E-state index in [9.17, 15) is 0 Å². The van der Waals surface area contributed by atoms with Gasteiger partial charge in [-0.2, -0.15) is 11.6 Å². The molecule has 5 heterocycles. The molecule has 8 atom stereocenters. The number of hydrogen-bond donors (Lipinski definition) is 0. The second kappa shape index (κ2) is 14.5. The first kappa shape index (κ1) is 28.8. The van der Waals surface area contributed by atoms with Crippen molar-refractivity contribution in [1.82, 2.24) is 0 Å². The number of nitrogens with zero attached hydrogens (tertiary/aromatic N) is 3. The topological polar surface area (TPSA) is 49.8 Å². The third kappa shape index (κ3) is 7.76. The first-order chi connectivity index (χ1) is 23.0. The molecule has 0 amide bonds. The molecule has 2 aliphatic carbocycles. The SMILES string of the molecule is C[C@H]1C[C-]=C(C2=C[C@H](C)[C@H](C)C[N-]2)CC1.[2H]C([2H])([2H])C1=NC2OC3=C([C@@H]4[N-]CC=C5C(C)=C(C([2H])([2H])C(C)(C)C)SC54)[CH-]CC[C@H]3C2CC1.[Ir]. The molecule has 1 saturated heterocycles. The first-order valence-electron chi connectivity index (χ1n) is 19.5. The van der Waals surface area contributed by atoms with E-state index in [0.717, 1.165) is 60.0 Å². The molecule has 6 heteroatoms. The van der Waals surface area contributed by atoms with E-state index in [1.807, 2.05) is 20.8 Å². The van der Waals surface area contributed by atoms with Gasteiger partial charge in [0, 0.05) is 43.8 Å². The zero-order valence-corrected chi connectivity index (χ0v) is 31.4. The normalized spacial score (nSPS) is 38.1. The summed E-state index contributed by atoms with van der Waals surface area (Å²) < 4.78 is 47.5. The van der Waals surface area contributed by atoms with Gasteiger partial charge in [0.2, 0.25) is 0 Å². The Kier molecular flexibility index (Phi) is 9.28. The van der Waals surface area contributed by atoms with Crippen LogP contribution >= 0.6 is 11.8 Å². The van der Waals surface area contributed by atoms with Crippen LogP contribution in [0.25, 0.3) is 10.6 Å². The summed E-state index contributed by atoms with van der Waals surface area (Å²) >= 11 is 1.63. The molecule has 7 aliphatic rings. The van der Waals surface area contributed by atoms with Crippen LogP contribution in [0.4, 0.5) is 0 Å². The Morgan fingerprint density at radius 1 is 1.20 bits per heavy atom. The molecule has 4 nitrogen and oxygen atoms in total. The van der Waals surface area contributed by atoms with Crippen LogP contribution in [-0.2, 0) is 24.8 Å². The van der Waals surface area contributed by atoms with Crippen molar-refractivity contribution in [1.29, 1.82) is 0 Å². The third-order valence-electron chi connectivity index (χ3n) is 10.4. The molecule has 0 aromatic heterocycles. The number of ether oxygens (including phenoxy) is 1. The zero-order valence-electron chi connectivity index (χ0n) is 33.2. The smallest absolute Gasteiger partial charge is 0.171 e. The van der Waals surface area contributed by atoms with Gasteiger partial charge in [-0.1, -0.05) is 72.6 Å². The van der Waals surface area contributed by atoms with Crippen molar-refractivity contribution in [3.63, 3.8) is 0 Å². The van der Waals surface area contributed by atoms with Gasteiger partial charge in [-0.25, -0.2) is 12.0 Å². The summed E-state index contributed by atoms with van der Waals surface area (Å²) in [7, 11) is 0. The van der Waals surface area contributed by atoms with Crippen LogP contribution in [0.3, 0.4) is 0 Å². The molecule has 251 valence electrons. The van der Waals surface area contributed by atoms with Crippen molar-refractivity contribution in [2.24, 2.45) is 40.0 Å². The molecule has 3 unspecified atom stereocenters. The van der Waals surface area contributed by atoms with Gasteiger partial charge < -0.3 is 21.1 Å². The summed E-state index contributed by atoms with van der Waals surface area (Å²) in [5, 5.41) is 9.72. The number of aliphatic imine (C=N–C) groups is 1. The average molecular weight is 811 g/mol. The van der Waals surface area contributed by atoms with Gasteiger partial charge in [-0.15, -0.1) is 49.8 Å². The molecular weight excluding hydrogens is 751 g/mol. The second-order valence-corrected chi connectivity index (χ2v) is 16.2. The number of thioether (sulfide) groups is 1. The van der Waals surface area contributed by atoms with Crippen LogP contribution in [0.15, 0.2) is 55.8 Å². The molecule has 5 aliphatic heterocycles. The summed E-state index contributed by atoms with van der Waals surface area (Å²) in [6.45, 7) is 14.3. The Balaban J connectivity index is 0.000000255. The number of allylic oxidation sites excluding steroid dienone is 6. The third-order valence-corrected chi connectivity index (χ3v) is 11.8. The predicted octanol–water partition coefficient (Wildman–Crippen LogP) is 10.7. The van der Waals surface area contributed by atoms with Crippen LogP contribution in [0.2, 0.25) is 0 Å². The Morgan fingerprint density at radius 2 is 2.02 bits per heavy atom. The van der Waals surface area contributed by atoms with E-state index < -0.39 is 24.9 Å². The fraction of sp³-hybridized carbons (Fsp3) is 0.692. The molecule has 45 heavy (non-hydrogen) atoms. The van der Waals surface area contributed by atoms with Crippen LogP contribution in [0.1, 0.15) is 113 Å². The van der Waals surface area contributed by atoms with Gasteiger partial charge in [0.15, 0.2) is 6.23 Å². The minimum atomic E-state index is -2.16. The van der Waals surface area contributed by atoms with Gasteiger partial charge in [-0.05, 0) is 72.1 Å². The Bertz CT molecular complexity index is 1490. The maximum Gasteiger partial charge on any atom is 0.171 e. The summed E-state index contributed by atoms with van der Waals surface area (Å²) in [4.78, 5) is 5.37. The van der Waals surface area contributed by atoms with E-state index in [1.165, 1.54) is 29.7 Å². The molecule has 0 aromatic rings. The largest absolute Gasteiger partial charge is 0.769 e.